The molecule has 0 heterocycles. The lowest BCUT2D eigenvalue weighted by molar-refractivity contribution is -0.116. The standard InChI is InChI=1S/C20H26N2O3S/c1-16(2)18-9-11-19(12-10-18)21-20(23)13-14-22(26(3,24)25)15-17-7-5-4-6-8-17/h4-12,16H,13-15H2,1-3H3,(H,21,23). The summed E-state index contributed by atoms with van der Waals surface area (Å²) < 4.78 is 25.3. The van der Waals surface area contributed by atoms with Crippen LogP contribution in [0.5, 0.6) is 0 Å². The second-order valence-corrected chi connectivity index (χ2v) is 8.64. The van der Waals surface area contributed by atoms with Crippen LogP contribution < -0.4 is 5.32 Å². The predicted octanol–water partition coefficient (Wildman–Crippen LogP) is 3.60. The van der Waals surface area contributed by atoms with Crippen LogP contribution in [0, 0.1) is 0 Å². The SMILES string of the molecule is CC(C)c1ccc(NC(=O)CCN(Cc2ccccc2)S(C)(=O)=O)cc1. The molecule has 2 aromatic rings. The first-order chi connectivity index (χ1) is 12.3. The van der Waals surface area contributed by atoms with Gasteiger partial charge in [0.05, 0.1) is 6.26 Å². The van der Waals surface area contributed by atoms with E-state index in [1.54, 1.807) is 0 Å². The minimum absolute atomic E-state index is 0.103. The van der Waals surface area contributed by atoms with E-state index < -0.39 is 10.0 Å². The Morgan fingerprint density at radius 2 is 1.65 bits per heavy atom. The van der Waals surface area contributed by atoms with Gasteiger partial charge in [0.25, 0.3) is 0 Å². The molecule has 1 N–H and O–H groups in total. The predicted molar refractivity (Wildman–Crippen MR) is 105 cm³/mol. The zero-order valence-corrected chi connectivity index (χ0v) is 16.3. The van der Waals surface area contributed by atoms with Crippen molar-refractivity contribution in [3.05, 3.63) is 65.7 Å². The molecule has 1 amide bonds. The molecule has 0 aromatic heterocycles. The van der Waals surface area contributed by atoms with Gasteiger partial charge in [0.1, 0.15) is 0 Å². The highest BCUT2D eigenvalue weighted by atomic mass is 32.2. The molecule has 0 saturated heterocycles. The van der Waals surface area contributed by atoms with Crippen molar-refractivity contribution >= 4 is 21.6 Å². The molecule has 2 aromatic carbocycles. The molecule has 0 atom stereocenters. The molecule has 0 bridgehead atoms. The van der Waals surface area contributed by atoms with Crippen LogP contribution in [0.15, 0.2) is 54.6 Å². The van der Waals surface area contributed by atoms with Crippen LogP contribution in [0.3, 0.4) is 0 Å². The molecule has 0 aliphatic carbocycles. The molecule has 0 saturated carbocycles. The lowest BCUT2D eigenvalue weighted by Gasteiger charge is -2.20. The highest BCUT2D eigenvalue weighted by molar-refractivity contribution is 7.88. The molecule has 0 fully saturated rings. The Labute approximate surface area is 156 Å². The molecule has 0 spiro atoms. The van der Waals surface area contributed by atoms with Gasteiger partial charge in [0.15, 0.2) is 0 Å². The smallest absolute Gasteiger partial charge is 0.225 e. The van der Waals surface area contributed by atoms with Crippen molar-refractivity contribution < 1.29 is 13.2 Å². The van der Waals surface area contributed by atoms with Crippen molar-refractivity contribution in [3.8, 4) is 0 Å². The highest BCUT2D eigenvalue weighted by Gasteiger charge is 2.18. The summed E-state index contributed by atoms with van der Waals surface area (Å²) in [4.78, 5) is 12.2. The summed E-state index contributed by atoms with van der Waals surface area (Å²) in [7, 11) is -3.39. The first-order valence-electron chi connectivity index (χ1n) is 8.64. The van der Waals surface area contributed by atoms with Gasteiger partial charge in [-0.25, -0.2) is 8.42 Å². The number of amides is 1. The van der Waals surface area contributed by atoms with E-state index in [1.165, 1.54) is 16.1 Å². The molecule has 5 nitrogen and oxygen atoms in total. The van der Waals surface area contributed by atoms with Crippen molar-refractivity contribution in [1.82, 2.24) is 4.31 Å². The topological polar surface area (TPSA) is 66.5 Å². The molecule has 0 aliphatic heterocycles. The van der Waals surface area contributed by atoms with Gasteiger partial charge in [-0.2, -0.15) is 4.31 Å². The Hall–Kier alpha value is -2.18. The van der Waals surface area contributed by atoms with Crippen LogP contribution in [-0.2, 0) is 21.4 Å². The maximum Gasteiger partial charge on any atom is 0.225 e. The molecular weight excluding hydrogens is 348 g/mol. The molecule has 140 valence electrons. The third-order valence-electron chi connectivity index (χ3n) is 4.12. The van der Waals surface area contributed by atoms with Gasteiger partial charge in [-0.1, -0.05) is 56.3 Å². The van der Waals surface area contributed by atoms with E-state index in [0.29, 0.717) is 11.6 Å². The number of anilines is 1. The fourth-order valence-electron chi connectivity index (χ4n) is 2.55. The van der Waals surface area contributed by atoms with E-state index in [9.17, 15) is 13.2 Å². The quantitative estimate of drug-likeness (QED) is 0.768. The number of rotatable bonds is 8. The monoisotopic (exact) mass is 374 g/mol. The van der Waals surface area contributed by atoms with Gasteiger partial charge >= 0.3 is 0 Å². The Balaban J connectivity index is 1.94. The van der Waals surface area contributed by atoms with E-state index in [0.717, 1.165) is 5.56 Å². The van der Waals surface area contributed by atoms with Crippen LogP contribution in [0.25, 0.3) is 0 Å². The third-order valence-corrected chi connectivity index (χ3v) is 5.37. The molecule has 2 rings (SSSR count). The first-order valence-corrected chi connectivity index (χ1v) is 10.5. The van der Waals surface area contributed by atoms with Gasteiger partial charge in [-0.05, 0) is 29.2 Å². The summed E-state index contributed by atoms with van der Waals surface area (Å²) in [5.74, 6) is 0.227. The van der Waals surface area contributed by atoms with E-state index in [-0.39, 0.29) is 25.4 Å². The van der Waals surface area contributed by atoms with Gasteiger partial charge in [-0.3, -0.25) is 4.79 Å². The molecule has 0 aliphatic rings. The number of carbonyl (C=O) groups is 1. The van der Waals surface area contributed by atoms with Crippen molar-refractivity contribution in [2.45, 2.75) is 32.7 Å². The fourth-order valence-corrected chi connectivity index (χ4v) is 3.36. The summed E-state index contributed by atoms with van der Waals surface area (Å²) in [5, 5.41) is 2.82. The lowest BCUT2D eigenvalue weighted by Crippen LogP contribution is -2.32. The van der Waals surface area contributed by atoms with Crippen LogP contribution in [0.1, 0.15) is 37.3 Å². The zero-order valence-electron chi connectivity index (χ0n) is 15.5. The van der Waals surface area contributed by atoms with E-state index >= 15 is 0 Å². The van der Waals surface area contributed by atoms with Crippen LogP contribution >= 0.6 is 0 Å². The van der Waals surface area contributed by atoms with Crippen molar-refractivity contribution in [1.29, 1.82) is 0 Å². The van der Waals surface area contributed by atoms with Crippen molar-refractivity contribution in [2.75, 3.05) is 18.1 Å². The van der Waals surface area contributed by atoms with E-state index in [1.807, 2.05) is 54.6 Å². The lowest BCUT2D eigenvalue weighted by atomic mass is 10.0. The summed E-state index contributed by atoms with van der Waals surface area (Å²) in [6, 6.07) is 17.1. The average Bonchev–Trinajstić information content (AvgIpc) is 2.59. The van der Waals surface area contributed by atoms with Crippen molar-refractivity contribution in [2.24, 2.45) is 0 Å². The van der Waals surface area contributed by atoms with Gasteiger partial charge < -0.3 is 5.32 Å². The minimum atomic E-state index is -3.39. The molecule has 0 radical (unpaired) electrons. The maximum absolute atomic E-state index is 12.2. The van der Waals surface area contributed by atoms with Crippen LogP contribution in [0.2, 0.25) is 0 Å². The molecule has 6 heteroatoms. The fraction of sp³-hybridized carbons (Fsp3) is 0.350. The Morgan fingerprint density at radius 3 is 2.19 bits per heavy atom. The molecular formula is C20H26N2O3S. The zero-order chi connectivity index (χ0) is 19.2. The maximum atomic E-state index is 12.2. The third kappa shape index (κ3) is 6.28. The number of benzene rings is 2. The number of nitrogens with zero attached hydrogens (tertiary/aromatic N) is 1. The Kier molecular flexibility index (Phi) is 6.94. The molecule has 0 unspecified atom stereocenters. The first kappa shape index (κ1) is 20.1. The van der Waals surface area contributed by atoms with E-state index in [4.69, 9.17) is 0 Å². The van der Waals surface area contributed by atoms with Gasteiger partial charge in [-0.15, -0.1) is 0 Å². The number of carbonyl (C=O) groups excluding carboxylic acids is 1. The summed E-state index contributed by atoms with van der Waals surface area (Å²) in [6.07, 6.45) is 1.27. The number of nitrogens with one attached hydrogen (secondary N) is 1. The Morgan fingerprint density at radius 1 is 1.04 bits per heavy atom. The second kappa shape index (κ2) is 8.96. The van der Waals surface area contributed by atoms with E-state index in [2.05, 4.69) is 19.2 Å². The Bertz CT molecular complexity index is 816. The van der Waals surface area contributed by atoms with Gasteiger partial charge in [0, 0.05) is 25.2 Å². The number of hydrogen-bond donors (Lipinski definition) is 1. The highest BCUT2D eigenvalue weighted by Crippen LogP contribution is 2.17. The van der Waals surface area contributed by atoms with Crippen LogP contribution in [0.4, 0.5) is 5.69 Å². The van der Waals surface area contributed by atoms with Crippen LogP contribution in [-0.4, -0.2) is 31.4 Å². The number of hydrogen-bond acceptors (Lipinski definition) is 3. The molecule has 26 heavy (non-hydrogen) atoms. The normalized spacial score (nSPS) is 11.7. The average molecular weight is 375 g/mol. The minimum Gasteiger partial charge on any atom is -0.326 e. The van der Waals surface area contributed by atoms with Crippen molar-refractivity contribution in [3.63, 3.8) is 0 Å². The van der Waals surface area contributed by atoms with Gasteiger partial charge in [0.2, 0.25) is 15.9 Å². The summed E-state index contributed by atoms with van der Waals surface area (Å²) in [5.41, 5.74) is 2.81. The number of sulfonamides is 1. The summed E-state index contributed by atoms with van der Waals surface area (Å²) >= 11 is 0. The largest absolute Gasteiger partial charge is 0.326 e. The second-order valence-electron chi connectivity index (χ2n) is 6.66. The summed E-state index contributed by atoms with van der Waals surface area (Å²) in [6.45, 7) is 4.62.